The fourth-order valence-corrected chi connectivity index (χ4v) is 3.17. The van der Waals surface area contributed by atoms with Gasteiger partial charge in [0.2, 0.25) is 0 Å². The highest BCUT2D eigenvalue weighted by Gasteiger charge is 2.36. The number of carbonyl (C=O) groups is 3. The van der Waals surface area contributed by atoms with E-state index in [1.807, 2.05) is 0 Å². The molecule has 3 aromatic rings. The van der Waals surface area contributed by atoms with E-state index in [9.17, 15) is 14.4 Å². The van der Waals surface area contributed by atoms with Crippen LogP contribution in [0.25, 0.3) is 0 Å². The van der Waals surface area contributed by atoms with Gasteiger partial charge in [0, 0.05) is 16.9 Å². The Balaban J connectivity index is 1.60. The van der Waals surface area contributed by atoms with Crippen molar-refractivity contribution in [3.05, 3.63) is 83.4 Å². The Kier molecular flexibility index (Phi) is 4.48. The van der Waals surface area contributed by atoms with Crippen molar-refractivity contribution in [1.29, 1.82) is 0 Å². The van der Waals surface area contributed by atoms with Gasteiger partial charge in [-0.25, -0.2) is 4.90 Å². The van der Waals surface area contributed by atoms with Gasteiger partial charge in [-0.3, -0.25) is 14.4 Å². The first-order chi connectivity index (χ1) is 14.0. The maximum atomic E-state index is 12.9. The second-order valence-corrected chi connectivity index (χ2v) is 6.48. The van der Waals surface area contributed by atoms with E-state index in [1.54, 1.807) is 54.6 Å². The minimum atomic E-state index is -0.449. The molecule has 7 nitrogen and oxygen atoms in total. The third-order valence-electron chi connectivity index (χ3n) is 4.62. The molecule has 1 aliphatic rings. The molecule has 1 heterocycles. The summed E-state index contributed by atoms with van der Waals surface area (Å²) in [7, 11) is 1.54. The molecule has 0 saturated carbocycles. The van der Waals surface area contributed by atoms with Crippen molar-refractivity contribution in [2.24, 2.45) is 0 Å². The largest absolute Gasteiger partial charge is 0.497 e. The number of nitrogens with two attached hydrogens (primary N) is 1. The molecule has 3 amide bonds. The van der Waals surface area contributed by atoms with Crippen LogP contribution >= 0.6 is 0 Å². The van der Waals surface area contributed by atoms with Gasteiger partial charge >= 0.3 is 0 Å². The zero-order valence-corrected chi connectivity index (χ0v) is 15.5. The number of imide groups is 1. The molecular weight excluding hydrogens is 370 g/mol. The molecule has 29 heavy (non-hydrogen) atoms. The number of hydrogen-bond donors (Lipinski definition) is 2. The number of amides is 3. The van der Waals surface area contributed by atoms with E-state index in [2.05, 4.69) is 5.32 Å². The van der Waals surface area contributed by atoms with Gasteiger partial charge in [0.25, 0.3) is 17.7 Å². The molecule has 0 bridgehead atoms. The molecule has 0 atom stereocenters. The summed E-state index contributed by atoms with van der Waals surface area (Å²) in [5.41, 5.74) is 7.96. The Morgan fingerprint density at radius 2 is 1.66 bits per heavy atom. The molecule has 0 spiro atoms. The molecule has 0 fully saturated rings. The van der Waals surface area contributed by atoms with Crippen LogP contribution in [0.2, 0.25) is 0 Å². The SMILES string of the molecule is COc1ccc(N2C(=O)c3ccc(NC(=O)c4cccc(N)c4)cc3C2=O)cc1. The van der Waals surface area contributed by atoms with Gasteiger partial charge in [-0.1, -0.05) is 6.07 Å². The van der Waals surface area contributed by atoms with Gasteiger partial charge in [0.1, 0.15) is 5.75 Å². The third-order valence-corrected chi connectivity index (χ3v) is 4.62. The summed E-state index contributed by atoms with van der Waals surface area (Å²) in [6.45, 7) is 0. The lowest BCUT2D eigenvalue weighted by molar-refractivity contribution is 0.0924. The van der Waals surface area contributed by atoms with Crippen molar-refractivity contribution < 1.29 is 19.1 Å². The van der Waals surface area contributed by atoms with E-state index in [-0.39, 0.29) is 17.0 Å². The average Bonchev–Trinajstić information content (AvgIpc) is 2.98. The van der Waals surface area contributed by atoms with Crippen molar-refractivity contribution >= 4 is 34.8 Å². The maximum absolute atomic E-state index is 12.9. The molecule has 7 heteroatoms. The highest BCUT2D eigenvalue weighted by atomic mass is 16.5. The number of hydrogen-bond acceptors (Lipinski definition) is 5. The lowest BCUT2D eigenvalue weighted by atomic mass is 10.1. The lowest BCUT2D eigenvalue weighted by Gasteiger charge is -2.14. The van der Waals surface area contributed by atoms with E-state index in [4.69, 9.17) is 10.5 Å². The van der Waals surface area contributed by atoms with E-state index in [0.717, 1.165) is 4.90 Å². The van der Waals surface area contributed by atoms with E-state index in [0.29, 0.717) is 28.4 Å². The van der Waals surface area contributed by atoms with Crippen molar-refractivity contribution in [1.82, 2.24) is 0 Å². The van der Waals surface area contributed by atoms with Crippen LogP contribution in [0.1, 0.15) is 31.1 Å². The van der Waals surface area contributed by atoms with E-state index < -0.39 is 11.8 Å². The molecule has 144 valence electrons. The third kappa shape index (κ3) is 3.29. The van der Waals surface area contributed by atoms with E-state index in [1.165, 1.54) is 19.2 Å². The molecule has 0 unspecified atom stereocenters. The van der Waals surface area contributed by atoms with Crippen molar-refractivity contribution in [2.75, 3.05) is 23.1 Å². The standard InChI is InChI=1S/C22H17N3O4/c1-29-17-8-6-16(7-9-17)25-21(27)18-10-5-15(12-19(18)22(25)28)24-20(26)13-3-2-4-14(23)11-13/h2-12H,23H2,1H3,(H,24,26). The van der Waals surface area contributed by atoms with E-state index >= 15 is 0 Å². The lowest BCUT2D eigenvalue weighted by Crippen LogP contribution is -2.29. The second-order valence-electron chi connectivity index (χ2n) is 6.48. The molecule has 0 aliphatic carbocycles. The summed E-state index contributed by atoms with van der Waals surface area (Å²) in [5, 5.41) is 2.73. The van der Waals surface area contributed by atoms with Crippen LogP contribution in [-0.2, 0) is 0 Å². The minimum absolute atomic E-state index is 0.233. The van der Waals surface area contributed by atoms with Gasteiger partial charge in [-0.2, -0.15) is 0 Å². The minimum Gasteiger partial charge on any atom is -0.497 e. The number of ether oxygens (including phenoxy) is 1. The number of nitrogens with zero attached hydrogens (tertiary/aromatic N) is 1. The number of fused-ring (bicyclic) bond motifs is 1. The Hall–Kier alpha value is -4.13. The first-order valence-electron chi connectivity index (χ1n) is 8.82. The number of methoxy groups -OCH3 is 1. The normalized spacial score (nSPS) is 12.7. The molecule has 0 saturated heterocycles. The highest BCUT2D eigenvalue weighted by molar-refractivity contribution is 6.34. The van der Waals surface area contributed by atoms with Gasteiger partial charge < -0.3 is 15.8 Å². The molecule has 3 aromatic carbocycles. The topological polar surface area (TPSA) is 102 Å². The first kappa shape index (κ1) is 18.2. The smallest absolute Gasteiger partial charge is 0.266 e. The van der Waals surface area contributed by atoms with Crippen LogP contribution in [0.5, 0.6) is 5.75 Å². The quantitative estimate of drug-likeness (QED) is 0.528. The van der Waals surface area contributed by atoms with Crippen molar-refractivity contribution in [3.8, 4) is 5.75 Å². The molecule has 4 rings (SSSR count). The predicted molar refractivity (Wildman–Crippen MR) is 109 cm³/mol. The summed E-state index contributed by atoms with van der Waals surface area (Å²) < 4.78 is 5.11. The Morgan fingerprint density at radius 3 is 2.34 bits per heavy atom. The van der Waals surface area contributed by atoms with Gasteiger partial charge in [-0.05, 0) is 60.7 Å². The summed E-state index contributed by atoms with van der Waals surface area (Å²) >= 11 is 0. The summed E-state index contributed by atoms with van der Waals surface area (Å²) in [5.74, 6) is -0.600. The monoisotopic (exact) mass is 387 g/mol. The van der Waals surface area contributed by atoms with Crippen LogP contribution in [0.15, 0.2) is 66.7 Å². The van der Waals surface area contributed by atoms with Crippen LogP contribution < -0.4 is 20.7 Å². The zero-order chi connectivity index (χ0) is 20.5. The Bertz CT molecular complexity index is 1140. The Labute approximate surface area is 166 Å². The number of carbonyl (C=O) groups excluding carboxylic acids is 3. The predicted octanol–water partition coefficient (Wildman–Crippen LogP) is 3.33. The van der Waals surface area contributed by atoms with Crippen LogP contribution in [0.4, 0.5) is 17.1 Å². The number of nitrogen functional groups attached to an aromatic ring is 1. The molecular formula is C22H17N3O4. The maximum Gasteiger partial charge on any atom is 0.266 e. The molecule has 0 aromatic heterocycles. The molecule has 0 radical (unpaired) electrons. The van der Waals surface area contributed by atoms with Crippen molar-refractivity contribution in [3.63, 3.8) is 0 Å². The number of nitrogens with one attached hydrogen (secondary N) is 1. The van der Waals surface area contributed by atoms with Crippen LogP contribution in [0.3, 0.4) is 0 Å². The van der Waals surface area contributed by atoms with Crippen molar-refractivity contribution in [2.45, 2.75) is 0 Å². The molecule has 1 aliphatic heterocycles. The first-order valence-corrected chi connectivity index (χ1v) is 8.82. The van der Waals surface area contributed by atoms with Crippen LogP contribution in [-0.4, -0.2) is 24.8 Å². The van der Waals surface area contributed by atoms with Crippen LogP contribution in [0, 0.1) is 0 Å². The summed E-state index contributed by atoms with van der Waals surface area (Å²) in [6.07, 6.45) is 0. The Morgan fingerprint density at radius 1 is 0.931 bits per heavy atom. The van der Waals surface area contributed by atoms with Gasteiger partial charge in [-0.15, -0.1) is 0 Å². The number of benzene rings is 3. The fraction of sp³-hybridized carbons (Fsp3) is 0.0455. The highest BCUT2D eigenvalue weighted by Crippen LogP contribution is 2.31. The fourth-order valence-electron chi connectivity index (χ4n) is 3.17. The number of anilines is 3. The second kappa shape index (κ2) is 7.12. The summed E-state index contributed by atoms with van der Waals surface area (Å²) in [4.78, 5) is 39.1. The summed E-state index contributed by atoms with van der Waals surface area (Å²) in [6, 6.07) is 17.8. The number of rotatable bonds is 4. The average molecular weight is 387 g/mol. The van der Waals surface area contributed by atoms with Gasteiger partial charge in [0.15, 0.2) is 0 Å². The molecule has 3 N–H and O–H groups in total. The van der Waals surface area contributed by atoms with Gasteiger partial charge in [0.05, 0.1) is 23.9 Å². The zero-order valence-electron chi connectivity index (χ0n) is 15.5.